The topological polar surface area (TPSA) is 34.0 Å². The molecule has 0 aliphatic carbocycles. The Kier molecular flexibility index (Phi) is 4.42. The average Bonchev–Trinajstić information content (AvgIpc) is 2.87. The zero-order valence-corrected chi connectivity index (χ0v) is 13.1. The Bertz CT molecular complexity index is 821. The van der Waals surface area contributed by atoms with Gasteiger partial charge in [0.25, 0.3) is 0 Å². The maximum absolute atomic E-state index is 12.8. The molecule has 1 N–H and O–H groups in total. The number of rotatable bonds is 5. The third kappa shape index (κ3) is 3.59. The second kappa shape index (κ2) is 6.65. The molecule has 0 saturated heterocycles. The maximum Gasteiger partial charge on any atom is 0.224 e. The first kappa shape index (κ1) is 15.3. The molecule has 0 radical (unpaired) electrons. The van der Waals surface area contributed by atoms with E-state index in [4.69, 9.17) is 0 Å². The summed E-state index contributed by atoms with van der Waals surface area (Å²) in [5.41, 5.74) is 3.24. The van der Waals surface area contributed by atoms with E-state index < -0.39 is 0 Å². The lowest BCUT2D eigenvalue weighted by Gasteiger charge is -2.05. The molecule has 0 saturated carbocycles. The first-order valence-electron chi connectivity index (χ1n) is 7.67. The van der Waals surface area contributed by atoms with Crippen molar-refractivity contribution in [3.05, 3.63) is 71.7 Å². The molecular weight excluding hydrogens is 291 g/mol. The van der Waals surface area contributed by atoms with Crippen LogP contribution in [0.15, 0.2) is 54.7 Å². The van der Waals surface area contributed by atoms with Crippen LogP contribution in [-0.2, 0) is 24.7 Å². The molecule has 0 fully saturated rings. The Morgan fingerprint density at radius 1 is 1.13 bits per heavy atom. The number of nitrogens with one attached hydrogen (secondary N) is 1. The van der Waals surface area contributed by atoms with Crippen molar-refractivity contribution in [1.29, 1.82) is 0 Å². The summed E-state index contributed by atoms with van der Waals surface area (Å²) >= 11 is 0. The molecule has 0 atom stereocenters. The fourth-order valence-corrected chi connectivity index (χ4v) is 2.81. The Labute approximate surface area is 134 Å². The van der Waals surface area contributed by atoms with Gasteiger partial charge in [-0.05, 0) is 35.7 Å². The van der Waals surface area contributed by atoms with Gasteiger partial charge in [0.2, 0.25) is 5.91 Å². The normalized spacial score (nSPS) is 10.9. The molecule has 0 spiro atoms. The molecule has 2 aromatic carbocycles. The fraction of sp³-hybridized carbons (Fsp3) is 0.211. The molecule has 3 rings (SSSR count). The van der Waals surface area contributed by atoms with Gasteiger partial charge < -0.3 is 9.88 Å². The molecule has 23 heavy (non-hydrogen) atoms. The molecule has 0 unspecified atom stereocenters. The number of nitrogens with zero attached hydrogens (tertiary/aromatic N) is 1. The van der Waals surface area contributed by atoms with Gasteiger partial charge >= 0.3 is 0 Å². The van der Waals surface area contributed by atoms with Gasteiger partial charge in [-0.2, -0.15) is 0 Å². The summed E-state index contributed by atoms with van der Waals surface area (Å²) < 4.78 is 14.9. The number of halogens is 1. The molecule has 118 valence electrons. The number of amides is 1. The van der Waals surface area contributed by atoms with Crippen molar-refractivity contribution < 1.29 is 9.18 Å². The summed E-state index contributed by atoms with van der Waals surface area (Å²) in [6, 6.07) is 14.3. The number of carbonyl (C=O) groups is 1. The van der Waals surface area contributed by atoms with Gasteiger partial charge in [-0.1, -0.05) is 30.3 Å². The largest absolute Gasteiger partial charge is 0.355 e. The summed E-state index contributed by atoms with van der Waals surface area (Å²) in [7, 11) is 2.03. The van der Waals surface area contributed by atoms with Crippen LogP contribution in [-0.4, -0.2) is 17.0 Å². The highest BCUT2D eigenvalue weighted by Crippen LogP contribution is 2.20. The van der Waals surface area contributed by atoms with Crippen molar-refractivity contribution in [3.63, 3.8) is 0 Å². The second-order valence-corrected chi connectivity index (χ2v) is 5.69. The highest BCUT2D eigenvalue weighted by molar-refractivity contribution is 5.84. The number of para-hydroxylation sites is 1. The molecule has 1 aromatic heterocycles. The van der Waals surface area contributed by atoms with Crippen LogP contribution in [0.2, 0.25) is 0 Å². The number of hydrogen-bond acceptors (Lipinski definition) is 1. The number of aryl methyl sites for hydroxylation is 1. The van der Waals surface area contributed by atoms with Crippen molar-refractivity contribution in [3.8, 4) is 0 Å². The highest BCUT2D eigenvalue weighted by Gasteiger charge is 2.07. The van der Waals surface area contributed by atoms with Gasteiger partial charge in [-0.3, -0.25) is 4.79 Å². The standard InChI is InChI=1S/C19H19FN2O/c1-22-13-15(17-4-2-3-5-18(17)22)10-11-21-19(23)12-14-6-8-16(20)9-7-14/h2-9,13H,10-12H2,1H3,(H,21,23). The molecule has 3 nitrogen and oxygen atoms in total. The van der Waals surface area contributed by atoms with E-state index in [1.54, 1.807) is 12.1 Å². The van der Waals surface area contributed by atoms with Crippen LogP contribution in [0.25, 0.3) is 10.9 Å². The monoisotopic (exact) mass is 310 g/mol. The van der Waals surface area contributed by atoms with Crippen molar-refractivity contribution in [2.24, 2.45) is 7.05 Å². The molecule has 0 aliphatic heterocycles. The Morgan fingerprint density at radius 3 is 2.65 bits per heavy atom. The molecule has 0 aliphatic rings. The number of fused-ring (bicyclic) bond motifs is 1. The van der Waals surface area contributed by atoms with Crippen molar-refractivity contribution in [1.82, 2.24) is 9.88 Å². The zero-order chi connectivity index (χ0) is 16.2. The second-order valence-electron chi connectivity index (χ2n) is 5.69. The minimum Gasteiger partial charge on any atom is -0.355 e. The quantitative estimate of drug-likeness (QED) is 0.771. The zero-order valence-electron chi connectivity index (χ0n) is 13.1. The maximum atomic E-state index is 12.8. The van der Waals surface area contributed by atoms with E-state index in [1.165, 1.54) is 28.6 Å². The summed E-state index contributed by atoms with van der Waals surface area (Å²) in [4.78, 5) is 11.9. The minimum atomic E-state index is -0.287. The predicted octanol–water partition coefficient (Wildman–Crippen LogP) is 3.22. The van der Waals surface area contributed by atoms with Gasteiger partial charge in [-0.15, -0.1) is 0 Å². The lowest BCUT2D eigenvalue weighted by Crippen LogP contribution is -2.27. The molecule has 0 bridgehead atoms. The van der Waals surface area contributed by atoms with E-state index in [9.17, 15) is 9.18 Å². The van der Waals surface area contributed by atoms with Crippen LogP contribution in [0.5, 0.6) is 0 Å². The first-order chi connectivity index (χ1) is 11.1. The van der Waals surface area contributed by atoms with Crippen molar-refractivity contribution >= 4 is 16.8 Å². The Morgan fingerprint density at radius 2 is 1.87 bits per heavy atom. The summed E-state index contributed by atoms with van der Waals surface area (Å²) in [6.45, 7) is 0.591. The minimum absolute atomic E-state index is 0.0446. The van der Waals surface area contributed by atoms with Gasteiger partial charge in [0.05, 0.1) is 6.42 Å². The predicted molar refractivity (Wildman–Crippen MR) is 89.7 cm³/mol. The van der Waals surface area contributed by atoms with E-state index in [1.807, 2.05) is 19.2 Å². The lowest BCUT2D eigenvalue weighted by atomic mass is 10.1. The number of hydrogen-bond donors (Lipinski definition) is 1. The summed E-state index contributed by atoms with van der Waals surface area (Å²) in [5.74, 6) is -0.332. The van der Waals surface area contributed by atoms with E-state index in [2.05, 4.69) is 28.2 Å². The van der Waals surface area contributed by atoms with Crippen LogP contribution >= 0.6 is 0 Å². The summed E-state index contributed by atoms with van der Waals surface area (Å²) in [5, 5.41) is 4.15. The third-order valence-corrected chi connectivity index (χ3v) is 3.97. The first-order valence-corrected chi connectivity index (χ1v) is 7.67. The van der Waals surface area contributed by atoms with Crippen LogP contribution in [0.1, 0.15) is 11.1 Å². The van der Waals surface area contributed by atoms with Crippen LogP contribution in [0.4, 0.5) is 4.39 Å². The summed E-state index contributed by atoms with van der Waals surface area (Å²) in [6.07, 6.45) is 3.17. The van der Waals surface area contributed by atoms with Crippen molar-refractivity contribution in [2.45, 2.75) is 12.8 Å². The smallest absolute Gasteiger partial charge is 0.224 e. The third-order valence-electron chi connectivity index (χ3n) is 3.97. The molecule has 3 aromatic rings. The van der Waals surface area contributed by atoms with E-state index in [0.717, 1.165) is 12.0 Å². The van der Waals surface area contributed by atoms with Crippen molar-refractivity contribution in [2.75, 3.05) is 6.54 Å². The van der Waals surface area contributed by atoms with Gasteiger partial charge in [-0.25, -0.2) is 4.39 Å². The van der Waals surface area contributed by atoms with Gasteiger partial charge in [0.1, 0.15) is 5.82 Å². The van der Waals surface area contributed by atoms with Gasteiger partial charge in [0, 0.05) is 30.7 Å². The average molecular weight is 310 g/mol. The van der Waals surface area contributed by atoms with Crippen LogP contribution < -0.4 is 5.32 Å². The van der Waals surface area contributed by atoms with E-state index in [0.29, 0.717) is 6.54 Å². The molecule has 1 amide bonds. The van der Waals surface area contributed by atoms with E-state index >= 15 is 0 Å². The van der Waals surface area contributed by atoms with Crippen LogP contribution in [0.3, 0.4) is 0 Å². The van der Waals surface area contributed by atoms with Crippen LogP contribution in [0, 0.1) is 5.82 Å². The lowest BCUT2D eigenvalue weighted by molar-refractivity contribution is -0.120. The molecule has 1 heterocycles. The van der Waals surface area contributed by atoms with Gasteiger partial charge in [0.15, 0.2) is 0 Å². The fourth-order valence-electron chi connectivity index (χ4n) is 2.81. The molecular formula is C19H19FN2O. The van der Waals surface area contributed by atoms with E-state index in [-0.39, 0.29) is 18.1 Å². The number of carbonyl (C=O) groups excluding carboxylic acids is 1. The Hall–Kier alpha value is -2.62. The molecule has 4 heteroatoms. The number of aromatic nitrogens is 1. The SMILES string of the molecule is Cn1cc(CCNC(=O)Cc2ccc(F)cc2)c2ccccc21. The highest BCUT2D eigenvalue weighted by atomic mass is 19.1. The Balaban J connectivity index is 1.56. The number of benzene rings is 2.